The maximum absolute atomic E-state index is 12.4. The van der Waals surface area contributed by atoms with Gasteiger partial charge in [-0.25, -0.2) is 9.59 Å². The number of carbonyl (C=O) groups excluding carboxylic acids is 1. The molecule has 0 aromatic rings. The summed E-state index contributed by atoms with van der Waals surface area (Å²) in [6, 6.07) is -0.848. The maximum Gasteiger partial charge on any atom is 0.411 e. The van der Waals surface area contributed by atoms with Gasteiger partial charge in [0, 0.05) is 6.54 Å². The molecule has 1 amide bonds. The average Bonchev–Trinajstić information content (AvgIpc) is 2.34. The van der Waals surface area contributed by atoms with Gasteiger partial charge in [0.2, 0.25) is 0 Å². The quantitative estimate of drug-likeness (QED) is 0.774. The van der Waals surface area contributed by atoms with E-state index in [1.807, 2.05) is 0 Å². The van der Waals surface area contributed by atoms with Crippen molar-refractivity contribution < 1.29 is 23.9 Å². The molecule has 0 aromatic carbocycles. The molecule has 24 heavy (non-hydrogen) atoms. The van der Waals surface area contributed by atoms with Gasteiger partial charge in [-0.15, -0.1) is 0 Å². The number of hydrogen-bond donors (Lipinski definition) is 1. The second-order valence-electron chi connectivity index (χ2n) is 9.06. The molecule has 1 N–H and O–H groups in total. The van der Waals surface area contributed by atoms with Crippen LogP contribution in [0, 0.1) is 0 Å². The fourth-order valence-electron chi connectivity index (χ4n) is 2.41. The van der Waals surface area contributed by atoms with Crippen molar-refractivity contribution in [3.05, 3.63) is 0 Å². The van der Waals surface area contributed by atoms with Crippen LogP contribution in [-0.4, -0.2) is 54.7 Å². The molecule has 1 aliphatic heterocycles. The molecule has 2 unspecified atom stereocenters. The Morgan fingerprint density at radius 2 is 1.62 bits per heavy atom. The number of ether oxygens (including phenoxy) is 1. The van der Waals surface area contributed by atoms with Crippen molar-refractivity contribution in [2.45, 2.75) is 90.3 Å². The van der Waals surface area contributed by atoms with Crippen molar-refractivity contribution in [1.82, 2.24) is 4.90 Å². The molecule has 0 bridgehead atoms. The van der Waals surface area contributed by atoms with E-state index in [1.165, 1.54) is 4.90 Å². The first-order valence-electron chi connectivity index (χ1n) is 8.54. The van der Waals surface area contributed by atoms with Crippen LogP contribution >= 0.6 is 0 Å². The topological polar surface area (TPSA) is 76.1 Å². The molecule has 6 nitrogen and oxygen atoms in total. The van der Waals surface area contributed by atoms with Gasteiger partial charge in [-0.1, -0.05) is 20.8 Å². The number of piperidine rings is 1. The fourth-order valence-corrected chi connectivity index (χ4v) is 3.79. The van der Waals surface area contributed by atoms with Crippen LogP contribution in [-0.2, 0) is 14.0 Å². The Morgan fingerprint density at radius 1 is 1.08 bits per heavy atom. The summed E-state index contributed by atoms with van der Waals surface area (Å²) in [5.41, 5.74) is -0.659. The van der Waals surface area contributed by atoms with Crippen molar-refractivity contribution in [2.24, 2.45) is 0 Å². The first kappa shape index (κ1) is 21.0. The molecule has 1 heterocycles. The number of hydrogen-bond acceptors (Lipinski definition) is 4. The summed E-state index contributed by atoms with van der Waals surface area (Å²) in [5, 5.41) is 9.49. The van der Waals surface area contributed by atoms with Crippen molar-refractivity contribution >= 4 is 20.4 Å². The lowest BCUT2D eigenvalue weighted by Gasteiger charge is -2.44. The summed E-state index contributed by atoms with van der Waals surface area (Å²) in [6.45, 7) is 16.4. The Kier molecular flexibility index (Phi) is 6.14. The summed E-state index contributed by atoms with van der Waals surface area (Å²) < 4.78 is 11.8. The molecule has 1 fully saturated rings. The molecule has 7 heteroatoms. The Morgan fingerprint density at radius 3 is 2.04 bits per heavy atom. The van der Waals surface area contributed by atoms with Gasteiger partial charge in [-0.2, -0.15) is 0 Å². The first-order chi connectivity index (χ1) is 10.6. The van der Waals surface area contributed by atoms with E-state index in [4.69, 9.17) is 9.16 Å². The number of likely N-dealkylation sites (tertiary alicyclic amines) is 1. The molecular weight excluding hydrogens is 326 g/mol. The number of amides is 1. The zero-order chi connectivity index (χ0) is 18.9. The van der Waals surface area contributed by atoms with Crippen molar-refractivity contribution in [3.8, 4) is 0 Å². The monoisotopic (exact) mass is 359 g/mol. The van der Waals surface area contributed by atoms with E-state index >= 15 is 0 Å². The lowest BCUT2D eigenvalue weighted by molar-refractivity contribution is -0.145. The SMILES string of the molecule is CC(C)(C)OC(=O)N1CC(O[Si](C)(C)C(C)(C)C)CCC1C(=O)O. The zero-order valence-corrected chi connectivity index (χ0v) is 17.3. The molecule has 0 saturated carbocycles. The van der Waals surface area contributed by atoms with E-state index in [1.54, 1.807) is 20.8 Å². The molecule has 0 aromatic heterocycles. The van der Waals surface area contributed by atoms with Gasteiger partial charge in [0.25, 0.3) is 0 Å². The standard InChI is InChI=1S/C17H33NO5Si/c1-16(2,3)22-15(21)18-11-12(9-10-13(18)14(19)20)23-24(7,8)17(4,5)6/h12-13H,9-11H2,1-8H3,(H,19,20). The Bertz CT molecular complexity index is 478. The molecule has 1 rings (SSSR count). The molecule has 140 valence electrons. The normalized spacial score (nSPS) is 23.1. The van der Waals surface area contributed by atoms with Crippen LogP contribution in [0.15, 0.2) is 0 Å². The van der Waals surface area contributed by atoms with Crippen LogP contribution in [0.1, 0.15) is 54.4 Å². The highest BCUT2D eigenvalue weighted by Crippen LogP contribution is 2.38. The largest absolute Gasteiger partial charge is 0.480 e. The molecular formula is C17H33NO5Si. The predicted octanol–water partition coefficient (Wildman–Crippen LogP) is 3.86. The number of aliphatic carboxylic acids is 1. The van der Waals surface area contributed by atoms with E-state index in [9.17, 15) is 14.7 Å². The first-order valence-corrected chi connectivity index (χ1v) is 11.4. The van der Waals surface area contributed by atoms with Gasteiger partial charge in [0.1, 0.15) is 11.6 Å². The number of carbonyl (C=O) groups is 2. The minimum absolute atomic E-state index is 0.0629. The Hall–Kier alpha value is -1.08. The van der Waals surface area contributed by atoms with Crippen molar-refractivity contribution in [3.63, 3.8) is 0 Å². The van der Waals surface area contributed by atoms with Crippen LogP contribution in [0.3, 0.4) is 0 Å². The Labute approximate surface area is 146 Å². The van der Waals surface area contributed by atoms with Crippen LogP contribution < -0.4 is 0 Å². The zero-order valence-electron chi connectivity index (χ0n) is 16.3. The summed E-state index contributed by atoms with van der Waals surface area (Å²) in [4.78, 5) is 25.3. The second-order valence-corrected chi connectivity index (χ2v) is 13.8. The minimum atomic E-state index is -1.98. The van der Waals surface area contributed by atoms with Gasteiger partial charge in [0.05, 0.1) is 6.10 Å². The summed E-state index contributed by atoms with van der Waals surface area (Å²) >= 11 is 0. The van der Waals surface area contributed by atoms with E-state index in [0.29, 0.717) is 12.8 Å². The van der Waals surface area contributed by atoms with Gasteiger partial charge >= 0.3 is 12.1 Å². The lowest BCUT2D eigenvalue weighted by Crippen LogP contribution is -2.56. The number of nitrogens with zero attached hydrogens (tertiary/aromatic N) is 1. The maximum atomic E-state index is 12.4. The molecule has 1 aliphatic rings. The third kappa shape index (κ3) is 5.48. The second kappa shape index (κ2) is 7.04. The van der Waals surface area contributed by atoms with Crippen molar-refractivity contribution in [2.75, 3.05) is 6.54 Å². The highest BCUT2D eigenvalue weighted by Gasteiger charge is 2.43. The van der Waals surface area contributed by atoms with E-state index in [-0.39, 0.29) is 17.7 Å². The Balaban J connectivity index is 2.90. The fraction of sp³-hybridized carbons (Fsp3) is 0.882. The van der Waals surface area contributed by atoms with Crippen LogP contribution in [0.2, 0.25) is 18.1 Å². The highest BCUT2D eigenvalue weighted by atomic mass is 28.4. The van der Waals surface area contributed by atoms with Gasteiger partial charge in [0.15, 0.2) is 8.32 Å². The smallest absolute Gasteiger partial charge is 0.411 e. The van der Waals surface area contributed by atoms with Crippen LogP contribution in [0.4, 0.5) is 4.79 Å². The lowest BCUT2D eigenvalue weighted by atomic mass is 10.0. The van der Waals surface area contributed by atoms with E-state index < -0.39 is 32.0 Å². The predicted molar refractivity (Wildman–Crippen MR) is 95.7 cm³/mol. The summed E-state index contributed by atoms with van der Waals surface area (Å²) in [6.07, 6.45) is 0.295. The summed E-state index contributed by atoms with van der Waals surface area (Å²) in [7, 11) is -1.98. The average molecular weight is 360 g/mol. The van der Waals surface area contributed by atoms with Crippen molar-refractivity contribution in [1.29, 1.82) is 0 Å². The van der Waals surface area contributed by atoms with Gasteiger partial charge in [-0.05, 0) is 51.7 Å². The third-order valence-corrected chi connectivity index (χ3v) is 9.25. The number of rotatable bonds is 3. The van der Waals surface area contributed by atoms with Crippen LogP contribution in [0.25, 0.3) is 0 Å². The summed E-state index contributed by atoms with van der Waals surface area (Å²) in [5.74, 6) is -0.994. The minimum Gasteiger partial charge on any atom is -0.480 e. The molecule has 0 spiro atoms. The van der Waals surface area contributed by atoms with E-state index in [0.717, 1.165) is 0 Å². The number of carboxylic acids is 1. The molecule has 0 aliphatic carbocycles. The molecule has 1 saturated heterocycles. The van der Waals surface area contributed by atoms with Crippen LogP contribution in [0.5, 0.6) is 0 Å². The number of carboxylic acid groups (broad SMARTS) is 1. The molecule has 2 atom stereocenters. The van der Waals surface area contributed by atoms with Gasteiger partial charge < -0.3 is 14.3 Å². The van der Waals surface area contributed by atoms with E-state index in [2.05, 4.69) is 33.9 Å². The third-order valence-electron chi connectivity index (χ3n) is 4.72. The molecule has 0 radical (unpaired) electrons. The highest BCUT2D eigenvalue weighted by molar-refractivity contribution is 6.74. The van der Waals surface area contributed by atoms with Gasteiger partial charge in [-0.3, -0.25) is 4.90 Å².